The number of amides is 1. The van der Waals surface area contributed by atoms with Crippen molar-refractivity contribution in [3.05, 3.63) is 68.4 Å². The van der Waals surface area contributed by atoms with Crippen molar-refractivity contribution < 1.29 is 14.3 Å². The zero-order valence-electron chi connectivity index (χ0n) is 21.6. The van der Waals surface area contributed by atoms with Crippen LogP contribution in [0.15, 0.2) is 41.2 Å². The molecule has 1 fully saturated rings. The van der Waals surface area contributed by atoms with Crippen LogP contribution in [-0.2, 0) is 28.9 Å². The zero-order valence-corrected chi connectivity index (χ0v) is 22.4. The summed E-state index contributed by atoms with van der Waals surface area (Å²) in [7, 11) is 1.32. The number of methoxy groups -OCH3 is 1. The Balaban J connectivity index is 1.51. The van der Waals surface area contributed by atoms with Crippen LogP contribution in [0.1, 0.15) is 90.3 Å². The molecule has 1 aromatic carbocycles. The lowest BCUT2D eigenvalue weighted by molar-refractivity contribution is -0.143. The molecular weight excluding hydrogens is 484 g/mol. The summed E-state index contributed by atoms with van der Waals surface area (Å²) in [4.78, 5) is 40.9. The van der Waals surface area contributed by atoms with Gasteiger partial charge in [0.05, 0.1) is 7.11 Å². The third-order valence-corrected chi connectivity index (χ3v) is 9.13. The van der Waals surface area contributed by atoms with Crippen molar-refractivity contribution in [2.75, 3.05) is 7.11 Å². The average Bonchev–Trinajstić information content (AvgIpc) is 3.33. The largest absolute Gasteiger partial charge is 0.467 e. The highest BCUT2D eigenvalue weighted by Gasteiger charge is 2.29. The van der Waals surface area contributed by atoms with Crippen LogP contribution in [0.2, 0.25) is 0 Å². The van der Waals surface area contributed by atoms with Crippen molar-refractivity contribution in [1.82, 2.24) is 9.88 Å². The van der Waals surface area contributed by atoms with Gasteiger partial charge in [0.2, 0.25) is 0 Å². The maximum absolute atomic E-state index is 13.8. The number of pyridine rings is 1. The summed E-state index contributed by atoms with van der Waals surface area (Å²) in [6.07, 6.45) is 12.2. The van der Waals surface area contributed by atoms with Gasteiger partial charge in [-0.2, -0.15) is 0 Å². The number of benzene rings is 1. The molecule has 1 unspecified atom stereocenters. The molecule has 1 N–H and O–H groups in total. The summed E-state index contributed by atoms with van der Waals surface area (Å²) in [6, 6.07) is 10.6. The van der Waals surface area contributed by atoms with E-state index in [4.69, 9.17) is 4.74 Å². The minimum absolute atomic E-state index is 0.130. The second kappa shape index (κ2) is 11.6. The number of esters is 1. The Morgan fingerprint density at radius 1 is 1.03 bits per heavy atom. The minimum atomic E-state index is -0.969. The third-order valence-electron chi connectivity index (χ3n) is 7.95. The molecule has 1 saturated carbocycles. The van der Waals surface area contributed by atoms with Gasteiger partial charge in [-0.1, -0.05) is 50.3 Å². The van der Waals surface area contributed by atoms with E-state index >= 15 is 0 Å². The van der Waals surface area contributed by atoms with E-state index in [0.29, 0.717) is 17.3 Å². The molecule has 3 aromatic rings. The average molecular weight is 521 g/mol. The van der Waals surface area contributed by atoms with Gasteiger partial charge in [0.1, 0.15) is 5.56 Å². The van der Waals surface area contributed by atoms with Gasteiger partial charge in [0.15, 0.2) is 6.04 Å². The normalized spacial score (nSPS) is 17.4. The molecule has 0 saturated heterocycles. The first-order chi connectivity index (χ1) is 18.0. The fourth-order valence-electron chi connectivity index (χ4n) is 5.94. The first-order valence-electron chi connectivity index (χ1n) is 13.7. The number of aromatic nitrogens is 1. The van der Waals surface area contributed by atoms with Crippen molar-refractivity contribution in [2.45, 2.75) is 83.2 Å². The molecule has 37 heavy (non-hydrogen) atoms. The summed E-state index contributed by atoms with van der Waals surface area (Å²) >= 11 is 1.45. The van der Waals surface area contributed by atoms with E-state index in [2.05, 4.69) is 5.32 Å². The standard InChI is InChI=1S/C30H36N2O4S/c1-36-30(35)27(26-18-22-14-9-10-16-25(22)37-26)31-28(33)23-17-21-13-7-2-3-8-15-24(21)32(29(23)34)19-20-11-5-4-6-12-20/h9-10,14,16-18,20,27H,2-8,11-13,15,19H2,1H3,(H,31,33). The molecule has 2 aromatic heterocycles. The second-order valence-corrected chi connectivity index (χ2v) is 11.6. The number of ether oxygens (including phenoxy) is 1. The van der Waals surface area contributed by atoms with E-state index in [9.17, 15) is 14.4 Å². The molecule has 196 valence electrons. The third kappa shape index (κ3) is 5.66. The number of hydrogen-bond donors (Lipinski definition) is 1. The highest BCUT2D eigenvalue weighted by atomic mass is 32.1. The SMILES string of the molecule is COC(=O)C(NC(=O)c1cc2c(n(CC3CCCCC3)c1=O)CCCCCC2)c1cc2ccccc2s1. The Morgan fingerprint density at radius 2 is 1.76 bits per heavy atom. The highest BCUT2D eigenvalue weighted by Crippen LogP contribution is 2.31. The van der Waals surface area contributed by atoms with Crippen LogP contribution in [0, 0.1) is 5.92 Å². The molecule has 1 atom stereocenters. The van der Waals surface area contributed by atoms with E-state index < -0.39 is 17.9 Å². The summed E-state index contributed by atoms with van der Waals surface area (Å²) in [5.74, 6) is -0.588. The van der Waals surface area contributed by atoms with Crippen LogP contribution in [0.25, 0.3) is 10.1 Å². The highest BCUT2D eigenvalue weighted by molar-refractivity contribution is 7.19. The number of thiophene rings is 1. The summed E-state index contributed by atoms with van der Waals surface area (Å²) < 4.78 is 7.98. The fourth-order valence-corrected chi connectivity index (χ4v) is 7.04. The van der Waals surface area contributed by atoms with Crippen LogP contribution in [0.3, 0.4) is 0 Å². The van der Waals surface area contributed by atoms with Gasteiger partial charge in [-0.3, -0.25) is 9.59 Å². The maximum Gasteiger partial charge on any atom is 0.333 e. The Labute approximate surface area is 222 Å². The summed E-state index contributed by atoms with van der Waals surface area (Å²) in [6.45, 7) is 0.680. The molecule has 1 amide bonds. The molecule has 0 radical (unpaired) electrons. The van der Waals surface area contributed by atoms with Crippen molar-refractivity contribution in [2.24, 2.45) is 5.92 Å². The minimum Gasteiger partial charge on any atom is -0.467 e. The first-order valence-corrected chi connectivity index (χ1v) is 14.5. The monoisotopic (exact) mass is 520 g/mol. The smallest absolute Gasteiger partial charge is 0.333 e. The van der Waals surface area contributed by atoms with Crippen LogP contribution >= 0.6 is 11.3 Å². The van der Waals surface area contributed by atoms with Crippen LogP contribution in [-0.4, -0.2) is 23.6 Å². The lowest BCUT2D eigenvalue weighted by Gasteiger charge is -2.27. The van der Waals surface area contributed by atoms with Gasteiger partial charge < -0.3 is 14.6 Å². The topological polar surface area (TPSA) is 77.4 Å². The molecule has 0 spiro atoms. The van der Waals surface area contributed by atoms with E-state index in [1.165, 1.54) is 50.6 Å². The number of fused-ring (bicyclic) bond motifs is 2. The molecule has 5 rings (SSSR count). The number of aryl methyl sites for hydroxylation is 1. The molecule has 2 heterocycles. The molecule has 6 nitrogen and oxygen atoms in total. The van der Waals surface area contributed by atoms with Gasteiger partial charge in [0.25, 0.3) is 11.5 Å². The number of hydrogen-bond acceptors (Lipinski definition) is 5. The van der Waals surface area contributed by atoms with E-state index in [1.54, 1.807) is 6.07 Å². The Bertz CT molecular complexity index is 1300. The van der Waals surface area contributed by atoms with Gasteiger partial charge in [-0.25, -0.2) is 4.79 Å². The quantitative estimate of drug-likeness (QED) is 0.408. The number of nitrogens with zero attached hydrogens (tertiary/aromatic N) is 1. The zero-order chi connectivity index (χ0) is 25.8. The van der Waals surface area contributed by atoms with E-state index in [1.807, 2.05) is 34.9 Å². The Hall–Kier alpha value is -2.93. The molecule has 2 aliphatic rings. The van der Waals surface area contributed by atoms with Gasteiger partial charge in [-0.05, 0) is 73.6 Å². The van der Waals surface area contributed by atoms with Crippen molar-refractivity contribution >= 4 is 33.3 Å². The molecule has 0 aliphatic heterocycles. The lowest BCUT2D eigenvalue weighted by Crippen LogP contribution is -2.40. The van der Waals surface area contributed by atoms with Crippen molar-refractivity contribution in [3.63, 3.8) is 0 Å². The van der Waals surface area contributed by atoms with E-state index in [-0.39, 0.29) is 11.1 Å². The summed E-state index contributed by atoms with van der Waals surface area (Å²) in [5.41, 5.74) is 2.12. The molecule has 7 heteroatoms. The van der Waals surface area contributed by atoms with Crippen LogP contribution in [0.5, 0.6) is 0 Å². The van der Waals surface area contributed by atoms with Gasteiger partial charge in [-0.15, -0.1) is 11.3 Å². The molecule has 0 bridgehead atoms. The lowest BCUT2D eigenvalue weighted by atomic mass is 9.88. The predicted octanol–water partition coefficient (Wildman–Crippen LogP) is 5.95. The van der Waals surface area contributed by atoms with Gasteiger partial charge in [0, 0.05) is 21.8 Å². The number of carbonyl (C=O) groups excluding carboxylic acids is 2. The second-order valence-electron chi connectivity index (χ2n) is 10.5. The first kappa shape index (κ1) is 25.7. The predicted molar refractivity (Wildman–Crippen MR) is 147 cm³/mol. The van der Waals surface area contributed by atoms with Crippen LogP contribution in [0.4, 0.5) is 0 Å². The fraction of sp³-hybridized carbons (Fsp3) is 0.500. The number of rotatable bonds is 6. The molecule has 2 aliphatic carbocycles. The van der Waals surface area contributed by atoms with Crippen LogP contribution < -0.4 is 10.9 Å². The number of carbonyl (C=O) groups is 2. The summed E-state index contributed by atoms with van der Waals surface area (Å²) in [5, 5.41) is 3.85. The maximum atomic E-state index is 13.8. The molecular formula is C30H36N2O4S. The van der Waals surface area contributed by atoms with Crippen molar-refractivity contribution in [1.29, 1.82) is 0 Å². The Morgan fingerprint density at radius 3 is 2.51 bits per heavy atom. The Kier molecular flexibility index (Phi) is 8.08. The number of nitrogens with one attached hydrogen (secondary N) is 1. The van der Waals surface area contributed by atoms with Gasteiger partial charge >= 0.3 is 5.97 Å². The van der Waals surface area contributed by atoms with E-state index in [0.717, 1.165) is 59.9 Å². The van der Waals surface area contributed by atoms with Crippen molar-refractivity contribution in [3.8, 4) is 0 Å².